The van der Waals surface area contributed by atoms with Crippen LogP contribution in [0.2, 0.25) is 0 Å². The number of benzene rings is 1. The van der Waals surface area contributed by atoms with Crippen LogP contribution in [0.4, 0.5) is 0 Å². The Hall–Kier alpha value is -2.55. The predicted molar refractivity (Wildman–Crippen MR) is 78.2 cm³/mol. The molecular formula is C16H18N2O4. The van der Waals surface area contributed by atoms with Gasteiger partial charge in [0.15, 0.2) is 6.10 Å². The zero-order valence-corrected chi connectivity index (χ0v) is 12.4. The lowest BCUT2D eigenvalue weighted by Gasteiger charge is -2.32. The van der Waals surface area contributed by atoms with Crippen molar-refractivity contribution < 1.29 is 19.4 Å². The van der Waals surface area contributed by atoms with Gasteiger partial charge in [-0.05, 0) is 38.0 Å². The number of carbonyl (C=O) groups excluding carboxylic acids is 1. The molecule has 0 radical (unpaired) electrons. The van der Waals surface area contributed by atoms with Crippen LogP contribution in [-0.4, -0.2) is 41.1 Å². The van der Waals surface area contributed by atoms with Crippen LogP contribution in [0.15, 0.2) is 24.3 Å². The monoisotopic (exact) mass is 302 g/mol. The molecule has 1 amide bonds. The van der Waals surface area contributed by atoms with E-state index in [1.54, 1.807) is 36.1 Å². The van der Waals surface area contributed by atoms with Crippen LogP contribution < -0.4 is 4.74 Å². The van der Waals surface area contributed by atoms with Crippen molar-refractivity contribution in [1.82, 2.24) is 4.90 Å². The number of carboxylic acid groups (broad SMARTS) is 1. The van der Waals surface area contributed by atoms with Crippen molar-refractivity contribution in [3.8, 4) is 11.8 Å². The maximum atomic E-state index is 12.4. The van der Waals surface area contributed by atoms with E-state index < -0.39 is 18.0 Å². The zero-order chi connectivity index (χ0) is 16.1. The fourth-order valence-corrected chi connectivity index (χ4v) is 2.53. The molecule has 1 aliphatic rings. The van der Waals surface area contributed by atoms with Gasteiger partial charge in [-0.1, -0.05) is 6.07 Å². The third-order valence-corrected chi connectivity index (χ3v) is 3.71. The molecule has 0 saturated carbocycles. The summed E-state index contributed by atoms with van der Waals surface area (Å²) in [6, 6.07) is 8.60. The molecule has 1 fully saturated rings. The molecule has 0 unspecified atom stereocenters. The Bertz CT molecular complexity index is 608. The average Bonchev–Trinajstić information content (AvgIpc) is 2.54. The third kappa shape index (κ3) is 3.76. The molecule has 1 N–H and O–H groups in total. The standard InChI is InChI=1S/C16H18N2O4/c1-11(22-14-6-2-4-12(8-14)9-17)15(19)18-7-3-5-13(10-18)16(20)21/h2,4,6,8,11,13H,3,5,7,10H2,1H3,(H,20,21)/t11-,13-/m0/s1. The lowest BCUT2D eigenvalue weighted by Crippen LogP contribution is -2.47. The Morgan fingerprint density at radius 1 is 1.50 bits per heavy atom. The Labute approximate surface area is 128 Å². The van der Waals surface area contributed by atoms with Crippen LogP contribution in [0.3, 0.4) is 0 Å². The summed E-state index contributed by atoms with van der Waals surface area (Å²) in [4.78, 5) is 25.0. The highest BCUT2D eigenvalue weighted by Crippen LogP contribution is 2.19. The molecule has 0 bridgehead atoms. The maximum absolute atomic E-state index is 12.4. The zero-order valence-electron chi connectivity index (χ0n) is 12.4. The first kappa shape index (κ1) is 15.8. The first-order chi connectivity index (χ1) is 10.5. The fraction of sp³-hybridized carbons (Fsp3) is 0.438. The quantitative estimate of drug-likeness (QED) is 0.913. The van der Waals surface area contributed by atoms with Crippen molar-refractivity contribution in [3.05, 3.63) is 29.8 Å². The number of ether oxygens (including phenoxy) is 1. The molecular weight excluding hydrogens is 284 g/mol. The molecule has 1 aromatic rings. The van der Waals surface area contributed by atoms with E-state index in [2.05, 4.69) is 0 Å². The number of likely N-dealkylation sites (tertiary alicyclic amines) is 1. The molecule has 116 valence electrons. The number of hydrogen-bond acceptors (Lipinski definition) is 4. The first-order valence-electron chi connectivity index (χ1n) is 7.19. The van der Waals surface area contributed by atoms with Gasteiger partial charge in [-0.15, -0.1) is 0 Å². The second-order valence-corrected chi connectivity index (χ2v) is 5.36. The van der Waals surface area contributed by atoms with Gasteiger partial charge in [-0.25, -0.2) is 0 Å². The van der Waals surface area contributed by atoms with Gasteiger partial charge in [0.25, 0.3) is 5.91 Å². The van der Waals surface area contributed by atoms with E-state index in [1.807, 2.05) is 6.07 Å². The maximum Gasteiger partial charge on any atom is 0.308 e. The van der Waals surface area contributed by atoms with Gasteiger partial charge in [0.05, 0.1) is 17.6 Å². The van der Waals surface area contributed by atoms with Crippen molar-refractivity contribution in [2.24, 2.45) is 5.92 Å². The van der Waals surface area contributed by atoms with E-state index in [0.29, 0.717) is 30.7 Å². The second-order valence-electron chi connectivity index (χ2n) is 5.36. The molecule has 1 aliphatic heterocycles. The molecule has 0 aromatic heterocycles. The molecule has 1 heterocycles. The Morgan fingerprint density at radius 3 is 2.95 bits per heavy atom. The van der Waals surface area contributed by atoms with Crippen LogP contribution in [0.1, 0.15) is 25.3 Å². The minimum Gasteiger partial charge on any atom is -0.481 e. The molecule has 0 aliphatic carbocycles. The summed E-state index contributed by atoms with van der Waals surface area (Å²) in [5.74, 6) is -1.15. The van der Waals surface area contributed by atoms with Gasteiger partial charge in [-0.3, -0.25) is 9.59 Å². The van der Waals surface area contributed by atoms with Gasteiger partial charge in [0, 0.05) is 13.1 Å². The van der Waals surface area contributed by atoms with Crippen molar-refractivity contribution in [2.75, 3.05) is 13.1 Å². The Kier molecular flexibility index (Phi) is 4.99. The number of piperidine rings is 1. The van der Waals surface area contributed by atoms with Crippen molar-refractivity contribution in [1.29, 1.82) is 5.26 Å². The van der Waals surface area contributed by atoms with E-state index in [0.717, 1.165) is 0 Å². The van der Waals surface area contributed by atoms with E-state index in [9.17, 15) is 9.59 Å². The van der Waals surface area contributed by atoms with E-state index in [-0.39, 0.29) is 12.5 Å². The lowest BCUT2D eigenvalue weighted by molar-refractivity contribution is -0.147. The van der Waals surface area contributed by atoms with Gasteiger partial charge >= 0.3 is 5.97 Å². The van der Waals surface area contributed by atoms with E-state index >= 15 is 0 Å². The lowest BCUT2D eigenvalue weighted by atomic mass is 9.98. The highest BCUT2D eigenvalue weighted by molar-refractivity contribution is 5.82. The number of nitriles is 1. The topological polar surface area (TPSA) is 90.6 Å². The minimum atomic E-state index is -0.868. The molecule has 6 nitrogen and oxygen atoms in total. The van der Waals surface area contributed by atoms with Gasteiger partial charge in [-0.2, -0.15) is 5.26 Å². The SMILES string of the molecule is C[C@H](Oc1cccc(C#N)c1)C(=O)N1CCC[C@H](C(=O)O)C1. The van der Waals surface area contributed by atoms with E-state index in [4.69, 9.17) is 15.1 Å². The van der Waals surface area contributed by atoms with Gasteiger partial charge in [0.2, 0.25) is 0 Å². The van der Waals surface area contributed by atoms with Crippen LogP contribution in [0.25, 0.3) is 0 Å². The van der Waals surface area contributed by atoms with Crippen molar-refractivity contribution in [3.63, 3.8) is 0 Å². The molecule has 1 aromatic carbocycles. The number of carbonyl (C=O) groups is 2. The summed E-state index contributed by atoms with van der Waals surface area (Å²) in [6.45, 7) is 2.40. The van der Waals surface area contributed by atoms with Crippen LogP contribution >= 0.6 is 0 Å². The molecule has 6 heteroatoms. The molecule has 1 saturated heterocycles. The minimum absolute atomic E-state index is 0.222. The summed E-state index contributed by atoms with van der Waals surface area (Å²) < 4.78 is 5.58. The van der Waals surface area contributed by atoms with Crippen molar-refractivity contribution in [2.45, 2.75) is 25.9 Å². The predicted octanol–water partition coefficient (Wildman–Crippen LogP) is 1.65. The number of nitrogens with zero attached hydrogens (tertiary/aromatic N) is 2. The van der Waals surface area contributed by atoms with Crippen molar-refractivity contribution >= 4 is 11.9 Å². The number of amides is 1. The molecule has 2 atom stereocenters. The highest BCUT2D eigenvalue weighted by atomic mass is 16.5. The summed E-state index contributed by atoms with van der Waals surface area (Å²) in [5.41, 5.74) is 0.459. The van der Waals surface area contributed by atoms with Crippen LogP contribution in [0, 0.1) is 17.2 Å². The fourth-order valence-electron chi connectivity index (χ4n) is 2.53. The summed E-state index contributed by atoms with van der Waals surface area (Å²) >= 11 is 0. The number of rotatable bonds is 4. The average molecular weight is 302 g/mol. The normalized spacial score (nSPS) is 19.1. The summed E-state index contributed by atoms with van der Waals surface area (Å²) in [5, 5.41) is 17.9. The number of carboxylic acids is 1. The Morgan fingerprint density at radius 2 is 2.27 bits per heavy atom. The Balaban J connectivity index is 1.99. The molecule has 2 rings (SSSR count). The van der Waals surface area contributed by atoms with Crippen LogP contribution in [0.5, 0.6) is 5.75 Å². The van der Waals surface area contributed by atoms with E-state index in [1.165, 1.54) is 0 Å². The first-order valence-corrected chi connectivity index (χ1v) is 7.19. The largest absolute Gasteiger partial charge is 0.481 e. The molecule has 22 heavy (non-hydrogen) atoms. The summed E-state index contributed by atoms with van der Waals surface area (Å²) in [6.07, 6.45) is 0.555. The third-order valence-electron chi connectivity index (χ3n) is 3.71. The summed E-state index contributed by atoms with van der Waals surface area (Å²) in [7, 11) is 0. The smallest absolute Gasteiger partial charge is 0.308 e. The number of aliphatic carboxylic acids is 1. The van der Waals surface area contributed by atoms with Gasteiger partial charge < -0.3 is 14.7 Å². The molecule has 0 spiro atoms. The van der Waals surface area contributed by atoms with Crippen LogP contribution in [-0.2, 0) is 9.59 Å². The highest BCUT2D eigenvalue weighted by Gasteiger charge is 2.30. The van der Waals surface area contributed by atoms with Gasteiger partial charge in [0.1, 0.15) is 5.75 Å². The second kappa shape index (κ2) is 6.94. The number of hydrogen-bond donors (Lipinski definition) is 1.